The summed E-state index contributed by atoms with van der Waals surface area (Å²) in [5.41, 5.74) is 3.00. The molecular formula is C26H17F4N5OS. The number of nitrogens with one attached hydrogen (secondary N) is 1. The van der Waals surface area contributed by atoms with E-state index >= 15 is 0 Å². The highest BCUT2D eigenvalue weighted by molar-refractivity contribution is 7.12. The average molecular weight is 524 g/mol. The van der Waals surface area contributed by atoms with E-state index in [1.54, 1.807) is 19.1 Å². The predicted octanol–water partition coefficient (Wildman–Crippen LogP) is 6.46. The smallest absolute Gasteiger partial charge is 0.266 e. The zero-order valence-electron chi connectivity index (χ0n) is 19.1. The Morgan fingerprint density at radius 2 is 1.73 bits per heavy atom. The summed E-state index contributed by atoms with van der Waals surface area (Å²) in [7, 11) is 0. The van der Waals surface area contributed by atoms with Crippen molar-refractivity contribution in [2.75, 3.05) is 0 Å². The Hall–Kier alpha value is -4.38. The molecule has 1 amide bonds. The van der Waals surface area contributed by atoms with Gasteiger partial charge in [0.05, 0.1) is 11.4 Å². The Balaban J connectivity index is 1.46. The lowest BCUT2D eigenvalue weighted by molar-refractivity contribution is -0.141. The number of thiazole rings is 1. The molecule has 37 heavy (non-hydrogen) atoms. The van der Waals surface area contributed by atoms with E-state index in [9.17, 15) is 22.4 Å². The maximum atomic E-state index is 13.5. The molecule has 0 aliphatic carbocycles. The molecule has 186 valence electrons. The fourth-order valence-corrected chi connectivity index (χ4v) is 4.40. The van der Waals surface area contributed by atoms with Gasteiger partial charge < -0.3 is 0 Å². The number of carbonyl (C=O) groups is 1. The molecule has 0 atom stereocenters. The number of carbonyl (C=O) groups excluding carboxylic acids is 1. The lowest BCUT2D eigenvalue weighted by Crippen LogP contribution is -2.20. The number of hydrogen-bond acceptors (Lipinski definition) is 5. The number of rotatable bonds is 5. The summed E-state index contributed by atoms with van der Waals surface area (Å²) >= 11 is 0.971. The van der Waals surface area contributed by atoms with Crippen LogP contribution in [0.25, 0.3) is 27.2 Å². The molecule has 0 aliphatic rings. The first-order chi connectivity index (χ1) is 17.7. The minimum atomic E-state index is -4.67. The van der Waals surface area contributed by atoms with Crippen LogP contribution >= 0.6 is 11.3 Å². The average Bonchev–Trinajstić information content (AvgIpc) is 3.55. The standard InChI is InChI=1S/C26H17F4N5OS/c1-15(16-8-10-20(27)11-9-16)32-33-24(36)21-14-37-25(31-21)35-22(13-23(34-35)26(28,29)30)19-7-6-17-4-2-3-5-18(17)12-19/h2-14H,1H3,(H,33,36). The highest BCUT2D eigenvalue weighted by Gasteiger charge is 2.35. The molecule has 0 radical (unpaired) electrons. The molecule has 6 nitrogen and oxygen atoms in total. The van der Waals surface area contributed by atoms with Crippen LogP contribution in [0, 0.1) is 5.82 Å². The number of aromatic nitrogens is 3. The molecule has 3 aromatic carbocycles. The molecular weight excluding hydrogens is 506 g/mol. The summed E-state index contributed by atoms with van der Waals surface area (Å²) < 4.78 is 54.8. The number of amides is 1. The summed E-state index contributed by atoms with van der Waals surface area (Å²) in [6.45, 7) is 1.64. The Morgan fingerprint density at radius 3 is 2.46 bits per heavy atom. The molecule has 2 aromatic heterocycles. The van der Waals surface area contributed by atoms with Gasteiger partial charge in [-0.1, -0.05) is 48.5 Å². The summed E-state index contributed by atoms with van der Waals surface area (Å²) in [4.78, 5) is 16.8. The molecule has 1 N–H and O–H groups in total. The second-order valence-electron chi connectivity index (χ2n) is 8.05. The van der Waals surface area contributed by atoms with Gasteiger partial charge in [0.1, 0.15) is 11.5 Å². The molecule has 2 heterocycles. The van der Waals surface area contributed by atoms with Crippen molar-refractivity contribution in [2.45, 2.75) is 13.1 Å². The first-order valence-corrected chi connectivity index (χ1v) is 11.8. The van der Waals surface area contributed by atoms with E-state index in [-0.39, 0.29) is 16.5 Å². The molecule has 0 saturated heterocycles. The summed E-state index contributed by atoms with van der Waals surface area (Å²) in [6.07, 6.45) is -4.67. The molecule has 0 unspecified atom stereocenters. The van der Waals surface area contributed by atoms with Crippen molar-refractivity contribution < 1.29 is 22.4 Å². The van der Waals surface area contributed by atoms with E-state index in [1.807, 2.05) is 30.3 Å². The first-order valence-electron chi connectivity index (χ1n) is 10.9. The fraction of sp³-hybridized carbons (Fsp3) is 0.0769. The zero-order chi connectivity index (χ0) is 26.2. The summed E-state index contributed by atoms with van der Waals surface area (Å²) in [5.74, 6) is -1.05. The molecule has 5 aromatic rings. The van der Waals surface area contributed by atoms with Crippen molar-refractivity contribution in [3.05, 3.63) is 101 Å². The van der Waals surface area contributed by atoms with Gasteiger partial charge in [-0.2, -0.15) is 23.4 Å². The summed E-state index contributed by atoms with van der Waals surface area (Å²) in [6, 6.07) is 19.3. The van der Waals surface area contributed by atoms with Crippen LogP contribution in [-0.4, -0.2) is 26.4 Å². The normalized spacial score (nSPS) is 12.2. The van der Waals surface area contributed by atoms with E-state index in [0.717, 1.165) is 32.9 Å². The second-order valence-corrected chi connectivity index (χ2v) is 8.88. The first kappa shape index (κ1) is 24.3. The van der Waals surface area contributed by atoms with Gasteiger partial charge in [0.15, 0.2) is 5.69 Å². The number of hydrogen-bond donors (Lipinski definition) is 1. The van der Waals surface area contributed by atoms with E-state index < -0.39 is 23.6 Å². The van der Waals surface area contributed by atoms with Crippen LogP contribution in [0.4, 0.5) is 17.6 Å². The third-order valence-corrected chi connectivity index (χ3v) is 6.35. The van der Waals surface area contributed by atoms with Crippen molar-refractivity contribution >= 4 is 33.7 Å². The van der Waals surface area contributed by atoms with Gasteiger partial charge in [0.2, 0.25) is 5.13 Å². The second kappa shape index (κ2) is 9.58. The van der Waals surface area contributed by atoms with Gasteiger partial charge in [-0.25, -0.2) is 19.5 Å². The maximum Gasteiger partial charge on any atom is 0.435 e. The van der Waals surface area contributed by atoms with E-state index in [2.05, 4.69) is 20.6 Å². The van der Waals surface area contributed by atoms with Gasteiger partial charge in [-0.3, -0.25) is 4.79 Å². The number of nitrogens with zero attached hydrogens (tertiary/aromatic N) is 4. The molecule has 0 aliphatic heterocycles. The molecule has 0 fully saturated rings. The minimum Gasteiger partial charge on any atom is -0.266 e. The van der Waals surface area contributed by atoms with Gasteiger partial charge >= 0.3 is 6.18 Å². The van der Waals surface area contributed by atoms with Crippen molar-refractivity contribution in [3.63, 3.8) is 0 Å². The largest absolute Gasteiger partial charge is 0.435 e. The third-order valence-electron chi connectivity index (χ3n) is 5.54. The van der Waals surface area contributed by atoms with Crippen LogP contribution in [0.3, 0.4) is 0 Å². The SMILES string of the molecule is CC(=NNC(=O)c1csc(-n2nc(C(F)(F)F)cc2-c2ccc3ccccc3c2)n1)c1ccc(F)cc1. The van der Waals surface area contributed by atoms with E-state index in [4.69, 9.17) is 0 Å². The Labute approximate surface area is 211 Å². The number of alkyl halides is 3. The van der Waals surface area contributed by atoms with Gasteiger partial charge in [0, 0.05) is 10.9 Å². The van der Waals surface area contributed by atoms with E-state index in [0.29, 0.717) is 16.8 Å². The quantitative estimate of drug-likeness (QED) is 0.163. The van der Waals surface area contributed by atoms with Crippen LogP contribution in [-0.2, 0) is 6.18 Å². The zero-order valence-corrected chi connectivity index (χ0v) is 19.9. The van der Waals surface area contributed by atoms with Crippen molar-refractivity contribution in [1.29, 1.82) is 0 Å². The molecule has 0 saturated carbocycles. The number of hydrazone groups is 1. The lowest BCUT2D eigenvalue weighted by Gasteiger charge is -2.06. The van der Waals surface area contributed by atoms with Gasteiger partial charge in [0.25, 0.3) is 5.91 Å². The van der Waals surface area contributed by atoms with Crippen LogP contribution in [0.2, 0.25) is 0 Å². The molecule has 11 heteroatoms. The van der Waals surface area contributed by atoms with Crippen LogP contribution in [0.15, 0.2) is 83.3 Å². The predicted molar refractivity (Wildman–Crippen MR) is 133 cm³/mol. The van der Waals surface area contributed by atoms with Crippen molar-refractivity contribution in [1.82, 2.24) is 20.2 Å². The fourth-order valence-electron chi connectivity index (χ4n) is 3.63. The Morgan fingerprint density at radius 1 is 1.00 bits per heavy atom. The lowest BCUT2D eigenvalue weighted by atomic mass is 10.0. The highest BCUT2D eigenvalue weighted by Crippen LogP contribution is 2.34. The molecule has 0 spiro atoms. The topological polar surface area (TPSA) is 72.2 Å². The monoisotopic (exact) mass is 523 g/mol. The van der Waals surface area contributed by atoms with Gasteiger partial charge in [-0.15, -0.1) is 11.3 Å². The number of benzene rings is 3. The van der Waals surface area contributed by atoms with E-state index in [1.165, 1.54) is 29.6 Å². The summed E-state index contributed by atoms with van der Waals surface area (Å²) in [5, 5.41) is 11.0. The minimum absolute atomic E-state index is 0.0378. The number of fused-ring (bicyclic) bond motifs is 1. The third kappa shape index (κ3) is 5.12. The Bertz CT molecular complexity index is 1640. The molecule has 0 bridgehead atoms. The Kier molecular flexibility index (Phi) is 6.30. The highest BCUT2D eigenvalue weighted by atomic mass is 32.1. The van der Waals surface area contributed by atoms with Crippen LogP contribution in [0.5, 0.6) is 0 Å². The number of halogens is 4. The van der Waals surface area contributed by atoms with Crippen molar-refractivity contribution in [2.24, 2.45) is 5.10 Å². The van der Waals surface area contributed by atoms with Crippen LogP contribution < -0.4 is 5.43 Å². The molecule has 5 rings (SSSR count). The maximum absolute atomic E-state index is 13.5. The van der Waals surface area contributed by atoms with Crippen molar-refractivity contribution in [3.8, 4) is 16.4 Å². The van der Waals surface area contributed by atoms with Gasteiger partial charge in [-0.05, 0) is 47.5 Å². The van der Waals surface area contributed by atoms with Crippen LogP contribution in [0.1, 0.15) is 28.7 Å².